The Bertz CT molecular complexity index is 1740. The summed E-state index contributed by atoms with van der Waals surface area (Å²) >= 11 is 0. The molecule has 4 saturated carbocycles. The monoisotopic (exact) mass is 834 g/mol. The average molecular weight is 834 g/mol. The summed E-state index contributed by atoms with van der Waals surface area (Å²) in [6.07, 6.45) is 9.53. The van der Waals surface area contributed by atoms with Crippen LogP contribution in [-0.4, -0.2) is 104 Å². The van der Waals surface area contributed by atoms with Gasteiger partial charge in [-0.2, -0.15) is 0 Å². The van der Waals surface area contributed by atoms with Crippen LogP contribution >= 0.6 is 0 Å². The summed E-state index contributed by atoms with van der Waals surface area (Å²) in [7, 11) is 5.92. The van der Waals surface area contributed by atoms with Gasteiger partial charge >= 0.3 is 11.9 Å². The molecule has 1 unspecified atom stereocenters. The molecule has 10 heteroatoms. The summed E-state index contributed by atoms with van der Waals surface area (Å²) in [6.45, 7) is 24.0. The second-order valence-corrected chi connectivity index (χ2v) is 22.1. The second-order valence-electron chi connectivity index (χ2n) is 22.1. The molecule has 5 aliphatic rings. The molecule has 1 aromatic rings. The summed E-state index contributed by atoms with van der Waals surface area (Å²) in [5.74, 6) is 0.262. The number of ether oxygens (including phenoxy) is 3. The van der Waals surface area contributed by atoms with Crippen molar-refractivity contribution in [2.75, 3.05) is 54.1 Å². The number of nitrogens with zero attached hydrogens (tertiary/aromatic N) is 3. The first kappa shape index (κ1) is 46.8. The largest absolute Gasteiger partial charge is 0.481 e. The highest BCUT2D eigenvalue weighted by atomic mass is 16.5. The standard InChI is InChI=1S/C50H79N3O7/c1-32(2)41-42-34(43(44(41)55)36(59-28-27-58-12)31-53(26-25-52(10)11)30-33-15-13-14-24-51-33)18-22-49(8)35(42)16-17-38-48(7)21-20-39(60-40(54)29-46(3,4)45(56)57)47(5,6)37(48)19-23-50(38,49)9/h13-15,24,32,34-39,43H,16-23,25-31H2,1-12H3,(H,56,57)/t34?,35-,36+,37-,38-,39+,43-,48+,49-,50-/m1/s1. The Morgan fingerprint density at radius 1 is 0.933 bits per heavy atom. The molecule has 0 aliphatic heterocycles. The van der Waals surface area contributed by atoms with Crippen LogP contribution in [0, 0.1) is 62.6 Å². The Balaban J connectivity index is 1.27. The van der Waals surface area contributed by atoms with E-state index in [4.69, 9.17) is 14.2 Å². The van der Waals surface area contributed by atoms with Gasteiger partial charge in [-0.3, -0.25) is 24.3 Å². The topological polar surface area (TPSA) is 119 Å². The number of carboxylic acid groups (broad SMARTS) is 1. The molecule has 1 N–H and O–H groups in total. The van der Waals surface area contributed by atoms with E-state index in [9.17, 15) is 14.7 Å². The number of allylic oxidation sites excluding steroid dienone is 2. The summed E-state index contributed by atoms with van der Waals surface area (Å²) < 4.78 is 18.5. The number of likely N-dealkylation sites (N-methyl/N-ethyl adjacent to an activating group) is 1. The van der Waals surface area contributed by atoms with Gasteiger partial charge in [0.25, 0.3) is 0 Å². The minimum atomic E-state index is -1.16. The van der Waals surface area contributed by atoms with Crippen LogP contribution in [0.3, 0.4) is 0 Å². The van der Waals surface area contributed by atoms with Gasteiger partial charge in [-0.15, -0.1) is 0 Å². The van der Waals surface area contributed by atoms with E-state index in [0.717, 1.165) is 75.7 Å². The molecule has 10 nitrogen and oxygen atoms in total. The lowest BCUT2D eigenvalue weighted by molar-refractivity contribution is -0.232. The third-order valence-corrected chi connectivity index (χ3v) is 17.3. The minimum absolute atomic E-state index is 0.0457. The van der Waals surface area contributed by atoms with E-state index < -0.39 is 17.4 Å². The van der Waals surface area contributed by atoms with Crippen LogP contribution in [0.15, 0.2) is 35.5 Å². The first-order valence-electron chi connectivity index (χ1n) is 23.2. The number of rotatable bonds is 17. The highest BCUT2D eigenvalue weighted by Crippen LogP contribution is 2.76. The van der Waals surface area contributed by atoms with Gasteiger partial charge in [-0.05, 0) is 143 Å². The van der Waals surface area contributed by atoms with Crippen molar-refractivity contribution in [1.82, 2.24) is 14.8 Å². The molecule has 0 aromatic carbocycles. The number of carbonyl (C=O) groups is 3. The molecule has 10 atom stereocenters. The maximum absolute atomic E-state index is 15.2. The first-order chi connectivity index (χ1) is 28.1. The second kappa shape index (κ2) is 17.8. The highest BCUT2D eigenvalue weighted by Gasteiger charge is 2.69. The van der Waals surface area contributed by atoms with Crippen molar-refractivity contribution in [3.8, 4) is 0 Å². The molecule has 1 heterocycles. The Kier molecular flexibility index (Phi) is 13.9. The number of carbonyl (C=O) groups excluding carboxylic acids is 2. The fourth-order valence-electron chi connectivity index (χ4n) is 14.0. The molecule has 4 fully saturated rings. The van der Waals surface area contributed by atoms with Crippen molar-refractivity contribution in [3.63, 3.8) is 0 Å². The van der Waals surface area contributed by atoms with E-state index in [-0.39, 0.29) is 58.0 Å². The number of hydrogen-bond donors (Lipinski definition) is 1. The number of methoxy groups -OCH3 is 1. The van der Waals surface area contributed by atoms with Gasteiger partial charge in [0.2, 0.25) is 0 Å². The molecule has 6 rings (SSSR count). The fraction of sp³-hybridized carbons (Fsp3) is 0.800. The minimum Gasteiger partial charge on any atom is -0.481 e. The van der Waals surface area contributed by atoms with Crippen LogP contribution in [0.5, 0.6) is 0 Å². The lowest BCUT2D eigenvalue weighted by Crippen LogP contribution is -2.65. The third kappa shape index (κ3) is 8.54. The van der Waals surface area contributed by atoms with Crippen LogP contribution in [0.1, 0.15) is 126 Å². The lowest BCUT2D eigenvalue weighted by Gasteiger charge is -2.71. The van der Waals surface area contributed by atoms with Crippen molar-refractivity contribution in [2.24, 2.45) is 62.6 Å². The van der Waals surface area contributed by atoms with E-state index in [1.54, 1.807) is 21.0 Å². The van der Waals surface area contributed by atoms with Crippen molar-refractivity contribution in [3.05, 3.63) is 41.2 Å². The van der Waals surface area contributed by atoms with E-state index in [1.165, 1.54) is 5.57 Å². The van der Waals surface area contributed by atoms with E-state index in [2.05, 4.69) is 83.4 Å². The van der Waals surface area contributed by atoms with Crippen molar-refractivity contribution in [2.45, 2.75) is 139 Å². The van der Waals surface area contributed by atoms with E-state index in [1.807, 2.05) is 18.3 Å². The number of fused-ring (bicyclic) bond motifs is 7. The Labute approximate surface area is 361 Å². The molecule has 0 bridgehead atoms. The Morgan fingerprint density at radius 3 is 2.28 bits per heavy atom. The number of esters is 1. The number of ketones is 1. The van der Waals surface area contributed by atoms with Crippen molar-refractivity contribution in [1.29, 1.82) is 0 Å². The molecular formula is C50H79N3O7. The van der Waals surface area contributed by atoms with Crippen molar-refractivity contribution >= 4 is 17.7 Å². The molecule has 336 valence electrons. The predicted octanol–water partition coefficient (Wildman–Crippen LogP) is 8.73. The van der Waals surface area contributed by atoms with E-state index in [0.29, 0.717) is 49.8 Å². The van der Waals surface area contributed by atoms with Gasteiger partial charge in [-0.25, -0.2) is 0 Å². The molecule has 60 heavy (non-hydrogen) atoms. The van der Waals surface area contributed by atoms with Gasteiger partial charge < -0.3 is 24.2 Å². The Morgan fingerprint density at radius 2 is 1.65 bits per heavy atom. The third-order valence-electron chi connectivity index (χ3n) is 17.3. The number of carboxylic acids is 1. The number of pyridine rings is 1. The molecule has 0 spiro atoms. The molecule has 1 aromatic heterocycles. The zero-order valence-corrected chi connectivity index (χ0v) is 39.3. The van der Waals surface area contributed by atoms with Crippen LogP contribution in [0.4, 0.5) is 0 Å². The summed E-state index contributed by atoms with van der Waals surface area (Å²) in [5, 5.41) is 9.67. The number of hydrogen-bond acceptors (Lipinski definition) is 9. The first-order valence-corrected chi connectivity index (χ1v) is 23.2. The fourth-order valence-corrected chi connectivity index (χ4v) is 14.0. The van der Waals surface area contributed by atoms with Gasteiger partial charge in [0.1, 0.15) is 6.10 Å². The highest BCUT2D eigenvalue weighted by molar-refractivity contribution is 6.02. The summed E-state index contributed by atoms with van der Waals surface area (Å²) in [4.78, 5) is 49.5. The zero-order valence-electron chi connectivity index (χ0n) is 39.3. The maximum Gasteiger partial charge on any atom is 0.309 e. The predicted molar refractivity (Wildman–Crippen MR) is 235 cm³/mol. The normalized spacial score (nSPS) is 34.3. The van der Waals surface area contributed by atoms with Gasteiger partial charge in [0.05, 0.1) is 42.8 Å². The molecular weight excluding hydrogens is 755 g/mol. The Hall–Kier alpha value is -2.66. The van der Waals surface area contributed by atoms with E-state index >= 15 is 4.79 Å². The van der Waals surface area contributed by atoms with Gasteiger partial charge in [0.15, 0.2) is 5.78 Å². The summed E-state index contributed by atoms with van der Waals surface area (Å²) in [6, 6.07) is 6.08. The molecule has 0 radical (unpaired) electrons. The summed E-state index contributed by atoms with van der Waals surface area (Å²) in [5.41, 5.74) is 2.39. The number of aliphatic carboxylic acids is 1. The smallest absolute Gasteiger partial charge is 0.309 e. The number of Topliss-reactive ketones (excluding diaryl/α,β-unsaturated/α-hetero) is 1. The maximum atomic E-state index is 15.2. The average Bonchev–Trinajstić information content (AvgIpc) is 3.46. The lowest BCUT2D eigenvalue weighted by atomic mass is 9.33. The van der Waals surface area contributed by atoms with Gasteiger partial charge in [0, 0.05) is 44.9 Å². The SMILES string of the molecule is COCCO[C@@H](CN(CCN(C)C)Cc1ccccn1)[C@@H]1C(=O)C(C(C)C)=C2C1CC[C@]1(C)[C@@H]2CC[C@@H]2[C@@]3(C)CC[C@H](OC(=O)CC(C)(C)C(=O)O)C(C)(C)[C@H]3CC[C@]21C. The van der Waals surface area contributed by atoms with Crippen LogP contribution < -0.4 is 0 Å². The zero-order chi connectivity index (χ0) is 44.0. The van der Waals surface area contributed by atoms with Crippen LogP contribution in [0.2, 0.25) is 0 Å². The molecule has 5 aliphatic carbocycles. The van der Waals surface area contributed by atoms with Crippen LogP contribution in [0.25, 0.3) is 0 Å². The quantitative estimate of drug-likeness (QED) is 0.121. The van der Waals surface area contributed by atoms with Crippen LogP contribution in [-0.2, 0) is 35.1 Å². The van der Waals surface area contributed by atoms with Gasteiger partial charge in [-0.1, -0.05) is 60.1 Å². The number of aromatic nitrogens is 1. The molecule has 0 saturated heterocycles. The van der Waals surface area contributed by atoms with Crippen molar-refractivity contribution < 1.29 is 33.7 Å². The molecule has 0 amide bonds.